The molecule has 5 heteroatoms. The second kappa shape index (κ2) is 4.51. The van der Waals surface area contributed by atoms with Crippen LogP contribution in [-0.2, 0) is 0 Å². The van der Waals surface area contributed by atoms with E-state index in [1.807, 2.05) is 0 Å². The van der Waals surface area contributed by atoms with Gasteiger partial charge in [0.1, 0.15) is 10.1 Å². The summed E-state index contributed by atoms with van der Waals surface area (Å²) in [5.41, 5.74) is 6.39. The SMILES string of the molecule is Nc1cccnc1Sc1ncccc1Cl. The van der Waals surface area contributed by atoms with E-state index in [4.69, 9.17) is 17.3 Å². The third-order valence-corrected chi connectivity index (χ3v) is 3.19. The van der Waals surface area contributed by atoms with Gasteiger partial charge in [-0.05, 0) is 36.0 Å². The maximum atomic E-state index is 5.97. The monoisotopic (exact) mass is 237 g/mol. The fourth-order valence-electron chi connectivity index (χ4n) is 1.03. The van der Waals surface area contributed by atoms with Gasteiger partial charge < -0.3 is 5.73 Å². The van der Waals surface area contributed by atoms with E-state index in [0.717, 1.165) is 5.03 Å². The molecule has 2 rings (SSSR count). The van der Waals surface area contributed by atoms with Gasteiger partial charge in [-0.25, -0.2) is 9.97 Å². The molecule has 0 amide bonds. The van der Waals surface area contributed by atoms with Crippen molar-refractivity contribution < 1.29 is 0 Å². The summed E-state index contributed by atoms with van der Waals surface area (Å²) >= 11 is 7.34. The van der Waals surface area contributed by atoms with Crippen molar-refractivity contribution in [2.24, 2.45) is 0 Å². The summed E-state index contributed by atoms with van der Waals surface area (Å²) in [6.07, 6.45) is 3.38. The predicted octanol–water partition coefficient (Wildman–Crippen LogP) is 2.86. The quantitative estimate of drug-likeness (QED) is 0.873. The highest BCUT2D eigenvalue weighted by atomic mass is 35.5. The second-order valence-electron chi connectivity index (χ2n) is 2.79. The van der Waals surface area contributed by atoms with Crippen LogP contribution in [0.3, 0.4) is 0 Å². The van der Waals surface area contributed by atoms with E-state index in [1.54, 1.807) is 36.7 Å². The molecule has 76 valence electrons. The van der Waals surface area contributed by atoms with Crippen molar-refractivity contribution in [1.29, 1.82) is 0 Å². The summed E-state index contributed by atoms with van der Waals surface area (Å²) in [4.78, 5) is 8.30. The van der Waals surface area contributed by atoms with Gasteiger partial charge >= 0.3 is 0 Å². The molecule has 0 spiro atoms. The summed E-state index contributed by atoms with van der Waals surface area (Å²) in [6.45, 7) is 0. The summed E-state index contributed by atoms with van der Waals surface area (Å²) in [5.74, 6) is 0. The summed E-state index contributed by atoms with van der Waals surface area (Å²) < 4.78 is 0. The number of anilines is 1. The lowest BCUT2D eigenvalue weighted by Crippen LogP contribution is -1.91. The van der Waals surface area contributed by atoms with Crippen LogP contribution in [0.1, 0.15) is 0 Å². The van der Waals surface area contributed by atoms with Gasteiger partial charge in [0.2, 0.25) is 0 Å². The molecule has 15 heavy (non-hydrogen) atoms. The Kier molecular flexibility index (Phi) is 3.08. The molecular formula is C10H8ClN3S. The summed E-state index contributed by atoms with van der Waals surface area (Å²) in [6, 6.07) is 7.16. The number of hydrogen-bond acceptors (Lipinski definition) is 4. The molecule has 2 aromatic rings. The lowest BCUT2D eigenvalue weighted by molar-refractivity contribution is 1.10. The number of nitrogen functional groups attached to an aromatic ring is 1. The van der Waals surface area contributed by atoms with Crippen LogP contribution in [0.2, 0.25) is 5.02 Å². The molecule has 0 fully saturated rings. The Morgan fingerprint density at radius 2 is 1.73 bits per heavy atom. The predicted molar refractivity (Wildman–Crippen MR) is 62.0 cm³/mol. The number of pyridine rings is 2. The van der Waals surface area contributed by atoms with Crippen LogP contribution in [0, 0.1) is 0 Å². The van der Waals surface area contributed by atoms with Gasteiger partial charge in [-0.3, -0.25) is 0 Å². The molecule has 0 saturated heterocycles. The van der Waals surface area contributed by atoms with Gasteiger partial charge in [-0.1, -0.05) is 11.6 Å². The Morgan fingerprint density at radius 1 is 1.07 bits per heavy atom. The Morgan fingerprint density at radius 3 is 2.40 bits per heavy atom. The minimum atomic E-state index is 0.604. The van der Waals surface area contributed by atoms with Gasteiger partial charge in [0.25, 0.3) is 0 Å². The highest BCUT2D eigenvalue weighted by molar-refractivity contribution is 7.99. The van der Waals surface area contributed by atoms with E-state index in [2.05, 4.69) is 9.97 Å². The first kappa shape index (κ1) is 10.3. The van der Waals surface area contributed by atoms with Crippen LogP contribution in [0.4, 0.5) is 5.69 Å². The molecule has 2 aromatic heterocycles. The number of halogens is 1. The standard InChI is InChI=1S/C10H8ClN3S/c11-7-3-1-5-13-9(7)15-10-8(12)4-2-6-14-10/h1-6H,12H2. The first-order valence-electron chi connectivity index (χ1n) is 4.26. The van der Waals surface area contributed by atoms with Crippen molar-refractivity contribution in [3.63, 3.8) is 0 Å². The average molecular weight is 238 g/mol. The molecular weight excluding hydrogens is 230 g/mol. The van der Waals surface area contributed by atoms with Gasteiger partial charge in [0.05, 0.1) is 10.7 Å². The normalized spacial score (nSPS) is 10.2. The molecule has 0 aliphatic heterocycles. The zero-order chi connectivity index (χ0) is 10.7. The van der Waals surface area contributed by atoms with E-state index >= 15 is 0 Å². The third-order valence-electron chi connectivity index (χ3n) is 1.72. The first-order chi connectivity index (χ1) is 7.27. The molecule has 0 aliphatic carbocycles. The highest BCUT2D eigenvalue weighted by Crippen LogP contribution is 2.32. The summed E-state index contributed by atoms with van der Waals surface area (Å²) in [5, 5.41) is 2.04. The maximum absolute atomic E-state index is 5.97. The molecule has 0 saturated carbocycles. The lowest BCUT2D eigenvalue weighted by Gasteiger charge is -2.03. The van der Waals surface area contributed by atoms with Crippen molar-refractivity contribution in [2.45, 2.75) is 10.1 Å². The van der Waals surface area contributed by atoms with Gasteiger partial charge in [-0.15, -0.1) is 0 Å². The topological polar surface area (TPSA) is 51.8 Å². The average Bonchev–Trinajstić information content (AvgIpc) is 2.24. The fourth-order valence-corrected chi connectivity index (χ4v) is 2.03. The molecule has 0 atom stereocenters. The number of rotatable bonds is 2. The maximum Gasteiger partial charge on any atom is 0.125 e. The molecule has 0 bridgehead atoms. The van der Waals surface area contributed by atoms with Gasteiger partial charge in [0.15, 0.2) is 0 Å². The largest absolute Gasteiger partial charge is 0.397 e. The van der Waals surface area contributed by atoms with E-state index in [9.17, 15) is 0 Å². The van der Waals surface area contributed by atoms with Crippen LogP contribution in [-0.4, -0.2) is 9.97 Å². The molecule has 0 unspecified atom stereocenters. The van der Waals surface area contributed by atoms with Crippen LogP contribution in [0.25, 0.3) is 0 Å². The zero-order valence-corrected chi connectivity index (χ0v) is 9.29. The van der Waals surface area contributed by atoms with Gasteiger partial charge in [-0.2, -0.15) is 0 Å². The number of aromatic nitrogens is 2. The Balaban J connectivity index is 2.30. The van der Waals surface area contributed by atoms with Crippen LogP contribution in [0.15, 0.2) is 46.7 Å². The Labute approximate surface area is 96.7 Å². The van der Waals surface area contributed by atoms with Crippen molar-refractivity contribution in [3.8, 4) is 0 Å². The molecule has 2 N–H and O–H groups in total. The minimum Gasteiger partial charge on any atom is -0.397 e. The summed E-state index contributed by atoms with van der Waals surface area (Å²) in [7, 11) is 0. The second-order valence-corrected chi connectivity index (χ2v) is 4.17. The van der Waals surface area contributed by atoms with Crippen LogP contribution in [0.5, 0.6) is 0 Å². The fraction of sp³-hybridized carbons (Fsp3) is 0. The highest BCUT2D eigenvalue weighted by Gasteiger charge is 2.06. The van der Waals surface area contributed by atoms with Crippen LogP contribution >= 0.6 is 23.4 Å². The molecule has 0 aromatic carbocycles. The van der Waals surface area contributed by atoms with Crippen molar-refractivity contribution in [1.82, 2.24) is 9.97 Å². The minimum absolute atomic E-state index is 0.604. The van der Waals surface area contributed by atoms with E-state index in [1.165, 1.54) is 11.8 Å². The Bertz CT molecular complexity index is 432. The van der Waals surface area contributed by atoms with Crippen molar-refractivity contribution >= 4 is 29.1 Å². The molecule has 2 heterocycles. The van der Waals surface area contributed by atoms with Crippen LogP contribution < -0.4 is 5.73 Å². The van der Waals surface area contributed by atoms with Gasteiger partial charge in [0, 0.05) is 12.4 Å². The molecule has 3 nitrogen and oxygen atoms in total. The van der Waals surface area contributed by atoms with Crippen molar-refractivity contribution in [3.05, 3.63) is 41.7 Å². The zero-order valence-electron chi connectivity index (χ0n) is 7.72. The van der Waals surface area contributed by atoms with E-state index in [0.29, 0.717) is 15.7 Å². The van der Waals surface area contributed by atoms with E-state index in [-0.39, 0.29) is 0 Å². The number of nitrogens with two attached hydrogens (primary N) is 1. The number of hydrogen-bond donors (Lipinski definition) is 1. The molecule has 0 radical (unpaired) electrons. The third kappa shape index (κ3) is 2.40. The lowest BCUT2D eigenvalue weighted by atomic mass is 10.4. The number of nitrogens with zero attached hydrogens (tertiary/aromatic N) is 2. The first-order valence-corrected chi connectivity index (χ1v) is 5.45. The Hall–Kier alpha value is -1.26. The van der Waals surface area contributed by atoms with Crippen molar-refractivity contribution in [2.75, 3.05) is 5.73 Å². The van der Waals surface area contributed by atoms with E-state index < -0.39 is 0 Å². The molecule has 0 aliphatic rings. The smallest absolute Gasteiger partial charge is 0.125 e.